The Morgan fingerprint density at radius 2 is 1.59 bits per heavy atom. The summed E-state index contributed by atoms with van der Waals surface area (Å²) in [4.78, 5) is 47.1. The lowest BCUT2D eigenvalue weighted by molar-refractivity contribution is -0.186. The number of ether oxygens (including phenoxy) is 4. The van der Waals surface area contributed by atoms with Gasteiger partial charge in [0.05, 0.1) is 5.69 Å². The van der Waals surface area contributed by atoms with E-state index in [1.807, 2.05) is 0 Å². The van der Waals surface area contributed by atoms with E-state index in [-0.39, 0.29) is 16.7 Å². The van der Waals surface area contributed by atoms with Crippen molar-refractivity contribution in [2.45, 2.75) is 44.5 Å². The van der Waals surface area contributed by atoms with Gasteiger partial charge in [0.2, 0.25) is 0 Å². The van der Waals surface area contributed by atoms with Crippen LogP contribution < -0.4 is 4.74 Å². The van der Waals surface area contributed by atoms with Gasteiger partial charge in [-0.3, -0.25) is 14.4 Å². The fourth-order valence-corrected chi connectivity index (χ4v) is 4.44. The summed E-state index contributed by atoms with van der Waals surface area (Å²) in [5, 5.41) is 0.0691. The summed E-state index contributed by atoms with van der Waals surface area (Å²) < 4.78 is 22.0. The normalized spacial score (nSPS) is 22.5. The van der Waals surface area contributed by atoms with Gasteiger partial charge in [-0.15, -0.1) is 11.8 Å². The molecule has 0 amide bonds. The number of esters is 3. The molecule has 0 bridgehead atoms. The van der Waals surface area contributed by atoms with E-state index in [1.165, 1.54) is 38.9 Å². The number of hydrogen-bond donors (Lipinski definition) is 0. The van der Waals surface area contributed by atoms with Crippen molar-refractivity contribution < 1.29 is 33.3 Å². The van der Waals surface area contributed by atoms with Crippen LogP contribution in [0.25, 0.3) is 11.3 Å². The van der Waals surface area contributed by atoms with Gasteiger partial charge >= 0.3 is 17.9 Å². The number of carbonyl (C=O) groups excluding carboxylic acids is 3. The summed E-state index contributed by atoms with van der Waals surface area (Å²) in [5.41, 5.74) is 0.411. The Kier molecular flexibility index (Phi) is 7.86. The fourth-order valence-electron chi connectivity index (χ4n) is 3.04. The number of rotatable bonds is 6. The summed E-state index contributed by atoms with van der Waals surface area (Å²) in [6.45, 7) is 3.66. The number of aromatic nitrogens is 3. The molecular formula is C20H20ClN3O7S. The number of carbonyl (C=O) groups is 3. The molecule has 0 aliphatic carbocycles. The average Bonchev–Trinajstić information content (AvgIpc) is 2.73. The van der Waals surface area contributed by atoms with Gasteiger partial charge < -0.3 is 18.9 Å². The maximum Gasteiger partial charge on any atom is 0.303 e. The Morgan fingerprint density at radius 1 is 0.969 bits per heavy atom. The maximum absolute atomic E-state index is 11.8. The molecule has 2 aromatic rings. The first-order valence-electron chi connectivity index (χ1n) is 9.46. The molecule has 1 saturated heterocycles. The number of thioether (sulfide) groups is 1. The molecule has 3 heterocycles. The van der Waals surface area contributed by atoms with Crippen LogP contribution in [0.2, 0.25) is 5.15 Å². The molecule has 1 fully saturated rings. The van der Waals surface area contributed by atoms with Gasteiger partial charge in [-0.1, -0.05) is 11.6 Å². The minimum atomic E-state index is -1.06. The Labute approximate surface area is 193 Å². The van der Waals surface area contributed by atoms with Crippen LogP contribution in [0.1, 0.15) is 20.8 Å². The van der Waals surface area contributed by atoms with Crippen LogP contribution >= 0.6 is 23.4 Å². The van der Waals surface area contributed by atoms with Crippen LogP contribution in [0.3, 0.4) is 0 Å². The lowest BCUT2D eigenvalue weighted by Gasteiger charge is -2.39. The lowest BCUT2D eigenvalue weighted by Crippen LogP contribution is -2.55. The largest absolute Gasteiger partial charge is 0.472 e. The maximum atomic E-state index is 11.8. The third-order valence-corrected chi connectivity index (χ3v) is 5.70. The van der Waals surface area contributed by atoms with E-state index >= 15 is 0 Å². The average molecular weight is 482 g/mol. The van der Waals surface area contributed by atoms with Crippen LogP contribution in [0.15, 0.2) is 30.9 Å². The van der Waals surface area contributed by atoms with E-state index in [1.54, 1.807) is 24.5 Å². The Morgan fingerprint density at radius 3 is 2.19 bits per heavy atom. The third kappa shape index (κ3) is 6.07. The van der Waals surface area contributed by atoms with Gasteiger partial charge in [-0.25, -0.2) is 15.0 Å². The second-order valence-corrected chi connectivity index (χ2v) is 8.22. The first-order valence-corrected chi connectivity index (χ1v) is 10.9. The van der Waals surface area contributed by atoms with Gasteiger partial charge in [-0.2, -0.15) is 0 Å². The van der Waals surface area contributed by atoms with E-state index in [0.717, 1.165) is 0 Å². The molecular weight excluding hydrogens is 462 g/mol. The van der Waals surface area contributed by atoms with Crippen LogP contribution in [-0.2, 0) is 28.6 Å². The quantitative estimate of drug-likeness (QED) is 0.343. The van der Waals surface area contributed by atoms with Crippen molar-refractivity contribution in [2.24, 2.45) is 0 Å². The smallest absolute Gasteiger partial charge is 0.303 e. The van der Waals surface area contributed by atoms with Crippen molar-refractivity contribution in [3.8, 4) is 17.0 Å². The monoisotopic (exact) mass is 481 g/mol. The Balaban J connectivity index is 1.86. The van der Waals surface area contributed by atoms with Gasteiger partial charge in [0, 0.05) is 44.5 Å². The molecule has 1 aliphatic heterocycles. The molecule has 1 aliphatic rings. The SMILES string of the molecule is CC(=O)O[C@@H]1[C@@H](OC(C)=O)[C@@H](Oc2ccc(-c3cncnc3)nc2Cl)SC[C@H]1OC(C)=O. The third-order valence-electron chi connectivity index (χ3n) is 4.22. The standard InChI is InChI=1S/C20H20ClN3O7S/c1-10(25)28-16-8-32-20(18(30-12(3)27)17(16)29-11(2)26)31-15-5-4-14(24-19(15)21)13-6-22-9-23-7-13/h4-7,9,16-18,20H,8H2,1-3H3/t16-,17+,18-,20+/m1/s1. The fraction of sp³-hybridized carbons (Fsp3) is 0.400. The second kappa shape index (κ2) is 10.6. The zero-order valence-electron chi connectivity index (χ0n) is 17.4. The minimum absolute atomic E-state index is 0.0691. The summed E-state index contributed by atoms with van der Waals surface area (Å²) in [6, 6.07) is 3.29. The first kappa shape index (κ1) is 23.7. The molecule has 0 spiro atoms. The molecule has 3 rings (SSSR count). The molecule has 0 radical (unpaired) electrons. The van der Waals surface area contributed by atoms with E-state index in [4.69, 9.17) is 30.5 Å². The number of nitrogens with zero attached hydrogens (tertiary/aromatic N) is 3. The lowest BCUT2D eigenvalue weighted by atomic mass is 10.1. The van der Waals surface area contributed by atoms with Crippen LogP contribution in [0.4, 0.5) is 0 Å². The number of hydrogen-bond acceptors (Lipinski definition) is 11. The molecule has 32 heavy (non-hydrogen) atoms. The van der Waals surface area contributed by atoms with Crippen molar-refractivity contribution >= 4 is 41.3 Å². The van der Waals surface area contributed by atoms with Crippen molar-refractivity contribution in [3.05, 3.63) is 36.0 Å². The molecule has 0 aromatic carbocycles. The number of halogens is 1. The van der Waals surface area contributed by atoms with E-state index in [0.29, 0.717) is 11.3 Å². The zero-order valence-corrected chi connectivity index (χ0v) is 19.0. The summed E-state index contributed by atoms with van der Waals surface area (Å²) in [7, 11) is 0. The molecule has 0 unspecified atom stereocenters. The molecule has 170 valence electrons. The Hall–Kier alpha value is -2.92. The van der Waals surface area contributed by atoms with Crippen molar-refractivity contribution in [2.75, 3.05) is 5.75 Å². The van der Waals surface area contributed by atoms with Crippen LogP contribution in [-0.4, -0.2) is 62.4 Å². The predicted octanol–water partition coefficient (Wildman–Crippen LogP) is 2.44. The highest BCUT2D eigenvalue weighted by Crippen LogP contribution is 2.36. The van der Waals surface area contributed by atoms with Gasteiger partial charge in [0.15, 0.2) is 34.7 Å². The molecule has 0 saturated carbocycles. The second-order valence-electron chi connectivity index (χ2n) is 6.73. The van der Waals surface area contributed by atoms with Crippen molar-refractivity contribution in [1.29, 1.82) is 0 Å². The molecule has 2 aromatic heterocycles. The molecule has 12 heteroatoms. The van der Waals surface area contributed by atoms with Crippen molar-refractivity contribution in [1.82, 2.24) is 15.0 Å². The molecule has 10 nitrogen and oxygen atoms in total. The van der Waals surface area contributed by atoms with Gasteiger partial charge in [-0.05, 0) is 12.1 Å². The summed E-state index contributed by atoms with van der Waals surface area (Å²) in [5.74, 6) is -1.32. The topological polar surface area (TPSA) is 127 Å². The van der Waals surface area contributed by atoms with Gasteiger partial charge in [0.1, 0.15) is 6.33 Å². The van der Waals surface area contributed by atoms with E-state index in [2.05, 4.69) is 15.0 Å². The van der Waals surface area contributed by atoms with Crippen LogP contribution in [0.5, 0.6) is 5.75 Å². The van der Waals surface area contributed by atoms with E-state index < -0.39 is 41.7 Å². The highest BCUT2D eigenvalue weighted by atomic mass is 35.5. The zero-order chi connectivity index (χ0) is 23.3. The van der Waals surface area contributed by atoms with Gasteiger partial charge in [0.25, 0.3) is 0 Å². The summed E-state index contributed by atoms with van der Waals surface area (Å²) in [6.07, 6.45) is 1.66. The highest BCUT2D eigenvalue weighted by Gasteiger charge is 2.47. The Bertz CT molecular complexity index is 994. The van der Waals surface area contributed by atoms with E-state index in [9.17, 15) is 14.4 Å². The molecule has 4 atom stereocenters. The van der Waals surface area contributed by atoms with Crippen LogP contribution in [0, 0.1) is 0 Å². The first-order chi connectivity index (χ1) is 15.2. The number of pyridine rings is 1. The van der Waals surface area contributed by atoms with Crippen molar-refractivity contribution in [3.63, 3.8) is 0 Å². The molecule has 0 N–H and O–H groups in total. The summed E-state index contributed by atoms with van der Waals surface area (Å²) >= 11 is 7.55. The highest BCUT2D eigenvalue weighted by molar-refractivity contribution is 7.99. The predicted molar refractivity (Wildman–Crippen MR) is 114 cm³/mol. The minimum Gasteiger partial charge on any atom is -0.472 e.